The maximum atomic E-state index is 9.69. The Kier molecular flexibility index (Phi) is 4.12. The molecule has 0 amide bonds. The van der Waals surface area contributed by atoms with Crippen molar-refractivity contribution in [2.75, 3.05) is 13.2 Å². The van der Waals surface area contributed by atoms with Crippen LogP contribution in [-0.2, 0) is 0 Å². The highest BCUT2D eigenvalue weighted by molar-refractivity contribution is 5.91. The number of aromatic hydroxyl groups is 2. The van der Waals surface area contributed by atoms with Gasteiger partial charge in [-0.3, -0.25) is 0 Å². The van der Waals surface area contributed by atoms with Crippen LogP contribution in [0.1, 0.15) is 12.0 Å². The van der Waals surface area contributed by atoms with Gasteiger partial charge in [-0.2, -0.15) is 0 Å². The molecule has 0 atom stereocenters. The number of aliphatic hydroxyl groups excluding tert-OH is 1. The summed E-state index contributed by atoms with van der Waals surface area (Å²) in [6.45, 7) is 2.58. The third-order valence-electron chi connectivity index (χ3n) is 3.86. The van der Waals surface area contributed by atoms with E-state index in [1.54, 1.807) is 6.07 Å². The van der Waals surface area contributed by atoms with Crippen LogP contribution in [0.25, 0.3) is 22.2 Å². The SMILES string of the molecule is Cc1c(-c2ccc(O)c(O)c2)[nH]c2ccc(OCCCO)cc12. The van der Waals surface area contributed by atoms with Gasteiger partial charge in [-0.1, -0.05) is 0 Å². The van der Waals surface area contributed by atoms with Crippen LogP contribution in [0.5, 0.6) is 17.2 Å². The lowest BCUT2D eigenvalue weighted by molar-refractivity contribution is 0.234. The number of nitrogens with one attached hydrogen (secondary N) is 1. The van der Waals surface area contributed by atoms with Crippen molar-refractivity contribution in [1.29, 1.82) is 0 Å². The number of phenols is 2. The van der Waals surface area contributed by atoms with Crippen LogP contribution in [0.4, 0.5) is 0 Å². The van der Waals surface area contributed by atoms with Gasteiger partial charge in [-0.15, -0.1) is 0 Å². The minimum absolute atomic E-state index is 0.111. The number of benzene rings is 2. The smallest absolute Gasteiger partial charge is 0.158 e. The number of hydrogen-bond donors (Lipinski definition) is 4. The minimum atomic E-state index is -0.145. The molecule has 4 N–H and O–H groups in total. The first-order chi connectivity index (χ1) is 11.1. The molecule has 0 saturated heterocycles. The van der Waals surface area contributed by atoms with E-state index in [0.29, 0.717) is 13.0 Å². The highest BCUT2D eigenvalue weighted by atomic mass is 16.5. The number of phenolic OH excluding ortho intramolecular Hbond substituents is 2. The van der Waals surface area contributed by atoms with Crippen molar-refractivity contribution in [2.45, 2.75) is 13.3 Å². The van der Waals surface area contributed by atoms with Gasteiger partial charge in [0.25, 0.3) is 0 Å². The summed E-state index contributed by atoms with van der Waals surface area (Å²) in [5, 5.41) is 29.0. The molecule has 0 spiro atoms. The molecule has 1 heterocycles. The van der Waals surface area contributed by atoms with Crippen LogP contribution >= 0.6 is 0 Å². The second-order valence-electron chi connectivity index (χ2n) is 5.46. The summed E-state index contributed by atoms with van der Waals surface area (Å²) in [5.41, 5.74) is 3.71. The molecule has 0 aliphatic rings. The maximum absolute atomic E-state index is 9.69. The predicted molar refractivity (Wildman–Crippen MR) is 89.0 cm³/mol. The van der Waals surface area contributed by atoms with Gasteiger partial charge in [-0.05, 0) is 48.9 Å². The molecule has 120 valence electrons. The third kappa shape index (κ3) is 2.96. The summed E-state index contributed by atoms with van der Waals surface area (Å²) in [4.78, 5) is 3.33. The summed E-state index contributed by atoms with van der Waals surface area (Å²) in [6, 6.07) is 10.5. The fourth-order valence-corrected chi connectivity index (χ4v) is 2.62. The molecule has 0 bridgehead atoms. The van der Waals surface area contributed by atoms with Crippen molar-refractivity contribution in [3.05, 3.63) is 42.0 Å². The topological polar surface area (TPSA) is 85.7 Å². The third-order valence-corrected chi connectivity index (χ3v) is 3.86. The van der Waals surface area contributed by atoms with Crippen molar-refractivity contribution in [3.63, 3.8) is 0 Å². The maximum Gasteiger partial charge on any atom is 0.158 e. The van der Waals surface area contributed by atoms with E-state index in [1.807, 2.05) is 25.1 Å². The molecule has 0 radical (unpaired) electrons. The van der Waals surface area contributed by atoms with Crippen LogP contribution in [0.15, 0.2) is 36.4 Å². The van der Waals surface area contributed by atoms with E-state index in [-0.39, 0.29) is 18.1 Å². The number of aromatic nitrogens is 1. The molecule has 5 heteroatoms. The van der Waals surface area contributed by atoms with Gasteiger partial charge in [0.15, 0.2) is 11.5 Å². The van der Waals surface area contributed by atoms with E-state index < -0.39 is 0 Å². The Morgan fingerprint density at radius 2 is 1.87 bits per heavy atom. The molecule has 5 nitrogen and oxygen atoms in total. The molecule has 0 aliphatic heterocycles. The Morgan fingerprint density at radius 1 is 1.04 bits per heavy atom. The first-order valence-electron chi connectivity index (χ1n) is 7.48. The van der Waals surface area contributed by atoms with Crippen LogP contribution < -0.4 is 4.74 Å². The highest BCUT2D eigenvalue weighted by Gasteiger charge is 2.12. The molecule has 3 rings (SSSR count). The van der Waals surface area contributed by atoms with Crippen molar-refractivity contribution < 1.29 is 20.1 Å². The number of ether oxygens (including phenoxy) is 1. The standard InChI is InChI=1S/C18H19NO4/c1-11-14-10-13(23-8-2-7-20)4-5-15(14)19-18(11)12-3-6-16(21)17(22)9-12/h3-6,9-10,19-22H,2,7-8H2,1H3. The van der Waals surface area contributed by atoms with Gasteiger partial charge in [0.2, 0.25) is 0 Å². The summed E-state index contributed by atoms with van der Waals surface area (Å²) < 4.78 is 5.61. The zero-order valence-electron chi connectivity index (χ0n) is 12.8. The predicted octanol–water partition coefficient (Wildman–Crippen LogP) is 3.32. The largest absolute Gasteiger partial charge is 0.504 e. The normalized spacial score (nSPS) is 11.0. The first-order valence-corrected chi connectivity index (χ1v) is 7.48. The van der Waals surface area contributed by atoms with Crippen molar-refractivity contribution in [3.8, 4) is 28.5 Å². The summed E-state index contributed by atoms with van der Waals surface area (Å²) in [6.07, 6.45) is 0.599. The van der Waals surface area contributed by atoms with Crippen LogP contribution in [0.3, 0.4) is 0 Å². The number of hydrogen-bond acceptors (Lipinski definition) is 4. The molecule has 3 aromatic rings. The van der Waals surface area contributed by atoms with Gasteiger partial charge in [-0.25, -0.2) is 0 Å². The monoisotopic (exact) mass is 313 g/mol. The number of aliphatic hydroxyl groups is 1. The molecular weight excluding hydrogens is 294 g/mol. The number of H-pyrrole nitrogens is 1. The van der Waals surface area contributed by atoms with Crippen molar-refractivity contribution in [2.24, 2.45) is 0 Å². The second kappa shape index (κ2) is 6.22. The Morgan fingerprint density at radius 3 is 2.61 bits per heavy atom. The number of aromatic amines is 1. The van der Waals surface area contributed by atoms with E-state index in [2.05, 4.69) is 4.98 Å². The van der Waals surface area contributed by atoms with E-state index in [4.69, 9.17) is 9.84 Å². The average Bonchev–Trinajstić information content (AvgIpc) is 2.87. The van der Waals surface area contributed by atoms with E-state index in [1.165, 1.54) is 12.1 Å². The van der Waals surface area contributed by atoms with Gasteiger partial charge in [0, 0.05) is 35.2 Å². The molecule has 2 aromatic carbocycles. The van der Waals surface area contributed by atoms with Crippen molar-refractivity contribution >= 4 is 10.9 Å². The van der Waals surface area contributed by atoms with Gasteiger partial charge < -0.3 is 25.0 Å². The van der Waals surface area contributed by atoms with Crippen LogP contribution in [-0.4, -0.2) is 33.5 Å². The molecule has 23 heavy (non-hydrogen) atoms. The first kappa shape index (κ1) is 15.2. The fraction of sp³-hybridized carbons (Fsp3) is 0.222. The Balaban J connectivity index is 1.99. The second-order valence-corrected chi connectivity index (χ2v) is 5.46. The molecule has 0 saturated carbocycles. The quantitative estimate of drug-likeness (QED) is 0.430. The number of aryl methyl sites for hydroxylation is 1. The van der Waals surface area contributed by atoms with Crippen LogP contribution in [0, 0.1) is 6.92 Å². The van der Waals surface area contributed by atoms with Gasteiger partial charge in [0.05, 0.1) is 6.61 Å². The lowest BCUT2D eigenvalue weighted by atomic mass is 10.1. The van der Waals surface area contributed by atoms with Crippen LogP contribution in [0.2, 0.25) is 0 Å². The summed E-state index contributed by atoms with van der Waals surface area (Å²) in [5.74, 6) is 0.476. The molecule has 1 aromatic heterocycles. The Labute approximate surface area is 133 Å². The summed E-state index contributed by atoms with van der Waals surface area (Å²) in [7, 11) is 0. The van der Waals surface area contributed by atoms with E-state index in [0.717, 1.165) is 33.5 Å². The zero-order chi connectivity index (χ0) is 16.4. The average molecular weight is 313 g/mol. The van der Waals surface area contributed by atoms with Gasteiger partial charge >= 0.3 is 0 Å². The van der Waals surface area contributed by atoms with E-state index in [9.17, 15) is 10.2 Å². The Bertz CT molecular complexity index is 838. The zero-order valence-corrected chi connectivity index (χ0v) is 12.8. The minimum Gasteiger partial charge on any atom is -0.504 e. The summed E-state index contributed by atoms with van der Waals surface area (Å²) >= 11 is 0. The Hall–Kier alpha value is -2.66. The van der Waals surface area contributed by atoms with E-state index >= 15 is 0 Å². The lowest BCUT2D eigenvalue weighted by Gasteiger charge is -2.05. The van der Waals surface area contributed by atoms with Crippen molar-refractivity contribution in [1.82, 2.24) is 4.98 Å². The van der Waals surface area contributed by atoms with Gasteiger partial charge in [0.1, 0.15) is 5.75 Å². The number of fused-ring (bicyclic) bond motifs is 1. The molecular formula is C18H19NO4. The highest BCUT2D eigenvalue weighted by Crippen LogP contribution is 2.35. The molecule has 0 aliphatic carbocycles. The lowest BCUT2D eigenvalue weighted by Crippen LogP contribution is -1.99. The molecule has 0 unspecified atom stereocenters. The molecule has 0 fully saturated rings. The number of rotatable bonds is 5. The fourth-order valence-electron chi connectivity index (χ4n) is 2.62.